The minimum absolute atomic E-state index is 0.142. The third kappa shape index (κ3) is 3.04. The third-order valence-corrected chi connectivity index (χ3v) is 4.78. The van der Waals surface area contributed by atoms with Crippen LogP contribution in [0.5, 0.6) is 0 Å². The molecule has 0 spiro atoms. The highest BCUT2D eigenvalue weighted by atomic mass is 16.4. The highest BCUT2D eigenvalue weighted by Gasteiger charge is 2.34. The molecule has 0 saturated heterocycles. The van der Waals surface area contributed by atoms with E-state index in [-0.39, 0.29) is 12.3 Å². The lowest BCUT2D eigenvalue weighted by Gasteiger charge is -2.34. The fourth-order valence-corrected chi connectivity index (χ4v) is 3.15. The van der Waals surface area contributed by atoms with Crippen molar-refractivity contribution >= 4 is 11.9 Å². The number of aliphatic carboxylic acids is 1. The molecule has 0 unspecified atom stereocenters. The van der Waals surface area contributed by atoms with E-state index in [0.29, 0.717) is 19.4 Å². The summed E-state index contributed by atoms with van der Waals surface area (Å²) in [6, 6.07) is 6.91. The lowest BCUT2D eigenvalue weighted by atomic mass is 9.93. The number of aromatic amines is 1. The Morgan fingerprint density at radius 2 is 2.00 bits per heavy atom. The van der Waals surface area contributed by atoms with Gasteiger partial charge in [-0.2, -0.15) is 5.10 Å². The van der Waals surface area contributed by atoms with Crippen LogP contribution in [0.4, 0.5) is 0 Å². The first-order valence-corrected chi connectivity index (χ1v) is 8.07. The molecule has 1 atom stereocenters. The molecule has 0 bridgehead atoms. The second-order valence-electron chi connectivity index (χ2n) is 6.27. The Bertz CT molecular complexity index is 782. The Labute approximate surface area is 140 Å². The predicted molar refractivity (Wildman–Crippen MR) is 88.5 cm³/mol. The summed E-state index contributed by atoms with van der Waals surface area (Å²) in [6.45, 7) is 4.26. The number of carbonyl (C=O) groups excluding carboxylic acids is 1. The first kappa shape index (κ1) is 16.2. The van der Waals surface area contributed by atoms with Crippen molar-refractivity contribution in [3.63, 3.8) is 0 Å². The average molecular weight is 327 g/mol. The molecule has 3 rings (SSSR count). The van der Waals surface area contributed by atoms with Crippen LogP contribution in [0.25, 0.3) is 0 Å². The van der Waals surface area contributed by atoms with Crippen molar-refractivity contribution in [3.05, 3.63) is 52.3 Å². The number of carbonyl (C=O) groups is 2. The van der Waals surface area contributed by atoms with Gasteiger partial charge in [0.1, 0.15) is 6.04 Å². The molecular weight excluding hydrogens is 306 g/mol. The molecule has 2 N–H and O–H groups in total. The van der Waals surface area contributed by atoms with E-state index in [1.54, 1.807) is 0 Å². The van der Waals surface area contributed by atoms with Crippen LogP contribution in [0, 0.1) is 13.8 Å². The Hall–Kier alpha value is -2.63. The molecular formula is C18H21N3O3. The lowest BCUT2D eigenvalue weighted by Crippen LogP contribution is -2.48. The summed E-state index contributed by atoms with van der Waals surface area (Å²) in [5.74, 6) is -1.10. The summed E-state index contributed by atoms with van der Waals surface area (Å²) in [6.07, 6.45) is 1.13. The number of carboxylic acid groups (broad SMARTS) is 1. The number of aryl methyl sites for hydroxylation is 2. The van der Waals surface area contributed by atoms with Crippen molar-refractivity contribution in [1.29, 1.82) is 0 Å². The molecule has 2 aromatic rings. The number of amides is 1. The Morgan fingerprint density at radius 1 is 1.29 bits per heavy atom. The molecule has 1 aromatic carbocycles. The molecule has 0 saturated carbocycles. The number of aromatic nitrogens is 2. The van der Waals surface area contributed by atoms with E-state index in [1.165, 1.54) is 4.90 Å². The third-order valence-electron chi connectivity index (χ3n) is 4.78. The zero-order chi connectivity index (χ0) is 17.3. The number of nitrogens with zero attached hydrogens (tertiary/aromatic N) is 2. The second kappa shape index (κ2) is 6.47. The number of rotatable bonds is 4. The van der Waals surface area contributed by atoms with E-state index in [9.17, 15) is 14.7 Å². The molecule has 0 fully saturated rings. The molecule has 2 heterocycles. The van der Waals surface area contributed by atoms with E-state index in [4.69, 9.17) is 0 Å². The van der Waals surface area contributed by atoms with Gasteiger partial charge in [0.05, 0.1) is 5.69 Å². The first-order chi connectivity index (χ1) is 11.5. The molecule has 126 valence electrons. The van der Waals surface area contributed by atoms with E-state index in [2.05, 4.69) is 10.2 Å². The largest absolute Gasteiger partial charge is 0.480 e. The van der Waals surface area contributed by atoms with Crippen LogP contribution < -0.4 is 0 Å². The number of hydrogen-bond donors (Lipinski definition) is 2. The maximum atomic E-state index is 12.6. The topological polar surface area (TPSA) is 86.3 Å². The van der Waals surface area contributed by atoms with Crippen LogP contribution in [-0.4, -0.2) is 38.1 Å². The van der Waals surface area contributed by atoms with Gasteiger partial charge < -0.3 is 10.0 Å². The van der Waals surface area contributed by atoms with Gasteiger partial charge >= 0.3 is 5.97 Å². The zero-order valence-electron chi connectivity index (χ0n) is 13.9. The summed E-state index contributed by atoms with van der Waals surface area (Å²) in [7, 11) is 0. The summed E-state index contributed by atoms with van der Waals surface area (Å²) in [5.41, 5.74) is 4.95. The van der Waals surface area contributed by atoms with Gasteiger partial charge in [0.2, 0.25) is 5.91 Å². The number of nitrogens with one attached hydrogen (secondary N) is 1. The molecule has 24 heavy (non-hydrogen) atoms. The van der Waals surface area contributed by atoms with E-state index in [1.807, 2.05) is 38.1 Å². The van der Waals surface area contributed by atoms with Gasteiger partial charge in [-0.15, -0.1) is 0 Å². The van der Waals surface area contributed by atoms with E-state index in [0.717, 1.165) is 28.1 Å². The van der Waals surface area contributed by atoms with E-state index >= 15 is 0 Å². The molecule has 6 heteroatoms. The monoisotopic (exact) mass is 327 g/mol. The standard InChI is InChI=1S/C18H21N3O3/c1-11-12(2)19-20-15(11)7-8-17(22)21-10-14-6-4-3-5-13(14)9-16(21)18(23)24/h3-6,16H,7-10H2,1-2H3,(H,19,20)(H,23,24)/t16-/m1/s1. The van der Waals surface area contributed by atoms with Crippen LogP contribution in [0.3, 0.4) is 0 Å². The normalized spacial score (nSPS) is 16.8. The van der Waals surface area contributed by atoms with Gasteiger partial charge in [-0.1, -0.05) is 24.3 Å². The van der Waals surface area contributed by atoms with Gasteiger partial charge in [-0.05, 0) is 30.5 Å². The van der Waals surface area contributed by atoms with Gasteiger partial charge in [0.15, 0.2) is 0 Å². The molecule has 0 aliphatic carbocycles. The van der Waals surface area contributed by atoms with Crippen LogP contribution in [0.2, 0.25) is 0 Å². The number of fused-ring (bicyclic) bond motifs is 1. The van der Waals surface area contributed by atoms with Crippen LogP contribution in [0.1, 0.15) is 34.5 Å². The quantitative estimate of drug-likeness (QED) is 0.899. The maximum absolute atomic E-state index is 12.6. The Kier molecular flexibility index (Phi) is 4.38. The Balaban J connectivity index is 1.75. The minimum Gasteiger partial charge on any atom is -0.480 e. The van der Waals surface area contributed by atoms with Crippen molar-refractivity contribution in [2.24, 2.45) is 0 Å². The van der Waals surface area contributed by atoms with Gasteiger partial charge in [0, 0.05) is 31.5 Å². The van der Waals surface area contributed by atoms with Gasteiger partial charge in [-0.3, -0.25) is 9.89 Å². The van der Waals surface area contributed by atoms with Crippen molar-refractivity contribution in [2.45, 2.75) is 45.7 Å². The zero-order valence-corrected chi connectivity index (χ0v) is 13.9. The molecule has 6 nitrogen and oxygen atoms in total. The van der Waals surface area contributed by atoms with Gasteiger partial charge in [0.25, 0.3) is 0 Å². The summed E-state index contributed by atoms with van der Waals surface area (Å²) in [4.78, 5) is 25.7. The lowest BCUT2D eigenvalue weighted by molar-refractivity contribution is -0.151. The molecule has 1 aliphatic rings. The number of benzene rings is 1. The van der Waals surface area contributed by atoms with Crippen molar-refractivity contribution in [1.82, 2.24) is 15.1 Å². The summed E-state index contributed by atoms with van der Waals surface area (Å²) in [5, 5.41) is 16.6. The molecule has 1 aliphatic heterocycles. The van der Waals surface area contributed by atoms with Crippen LogP contribution in [0.15, 0.2) is 24.3 Å². The fourth-order valence-electron chi connectivity index (χ4n) is 3.15. The van der Waals surface area contributed by atoms with Crippen molar-refractivity contribution in [2.75, 3.05) is 0 Å². The van der Waals surface area contributed by atoms with Crippen LogP contribution >= 0.6 is 0 Å². The van der Waals surface area contributed by atoms with E-state index < -0.39 is 12.0 Å². The smallest absolute Gasteiger partial charge is 0.326 e. The molecule has 1 amide bonds. The van der Waals surface area contributed by atoms with Crippen LogP contribution in [-0.2, 0) is 29.0 Å². The van der Waals surface area contributed by atoms with Crippen molar-refractivity contribution in [3.8, 4) is 0 Å². The highest BCUT2D eigenvalue weighted by molar-refractivity contribution is 5.84. The first-order valence-electron chi connectivity index (χ1n) is 8.07. The number of hydrogen-bond acceptors (Lipinski definition) is 3. The van der Waals surface area contributed by atoms with Crippen molar-refractivity contribution < 1.29 is 14.7 Å². The molecule has 1 aromatic heterocycles. The molecule has 0 radical (unpaired) electrons. The highest BCUT2D eigenvalue weighted by Crippen LogP contribution is 2.24. The maximum Gasteiger partial charge on any atom is 0.326 e. The fraction of sp³-hybridized carbons (Fsp3) is 0.389. The summed E-state index contributed by atoms with van der Waals surface area (Å²) >= 11 is 0. The minimum atomic E-state index is -0.954. The average Bonchev–Trinajstić information content (AvgIpc) is 2.90. The SMILES string of the molecule is Cc1[nH]nc(CCC(=O)N2Cc3ccccc3C[C@@H]2C(=O)O)c1C. The van der Waals surface area contributed by atoms with Gasteiger partial charge in [-0.25, -0.2) is 4.79 Å². The predicted octanol–water partition coefficient (Wildman–Crippen LogP) is 2.00. The Morgan fingerprint density at radius 3 is 2.62 bits per heavy atom. The summed E-state index contributed by atoms with van der Waals surface area (Å²) < 4.78 is 0. The second-order valence-corrected chi connectivity index (χ2v) is 6.27. The number of carboxylic acids is 1. The number of H-pyrrole nitrogens is 1.